The fraction of sp³-hybridized carbons (Fsp3) is 0. The van der Waals surface area contributed by atoms with E-state index < -0.39 is 0 Å². The van der Waals surface area contributed by atoms with Gasteiger partial charge in [0.2, 0.25) is 6.71 Å². The number of fused-ring (bicyclic) bond motifs is 10. The van der Waals surface area contributed by atoms with E-state index in [2.05, 4.69) is 220 Å². The SMILES string of the molecule is [C-]#[N+]c1ccc2c(c1)B1c3ccccc3N(c3ccccc3-c3ccccc3)c3cc4c5c(c31)N2c1ccccc1B5c1ccccc1N4c1ccccc1-c1ccccc1. The molecule has 0 N–H and O–H groups in total. The van der Waals surface area contributed by atoms with Crippen LogP contribution in [0.5, 0.6) is 0 Å². The van der Waals surface area contributed by atoms with Gasteiger partial charge in [0.1, 0.15) is 0 Å². The molecule has 0 aromatic heterocycles. The topological polar surface area (TPSA) is 14.1 Å². The summed E-state index contributed by atoms with van der Waals surface area (Å²) in [4.78, 5) is 11.6. The number of nitrogens with zero attached hydrogens (tertiary/aromatic N) is 4. The number of para-hydroxylation sites is 5. The standard InChI is InChI=1S/C55H34B2N4/c1-58-38-32-33-50-44(34-38)57-42-25-11-16-30-48(42)60(46-28-14-9-23-40(46)37-20-6-3-7-21-37)52-35-51-53-55(54(52)57)61(50)49-31-17-12-26-43(49)56(53)41-24-10-15-29-47(41)59(51)45-27-13-8-22-39(45)36-18-4-2-5-19-36/h2-35H. The van der Waals surface area contributed by atoms with Crippen LogP contribution in [-0.2, 0) is 0 Å². The Bertz CT molecular complexity index is 3320. The first kappa shape index (κ1) is 33.9. The minimum atomic E-state index is -0.104. The molecule has 4 heterocycles. The minimum absolute atomic E-state index is 0.00831. The maximum absolute atomic E-state index is 8.17. The van der Waals surface area contributed by atoms with Crippen molar-refractivity contribution in [1.29, 1.82) is 0 Å². The molecule has 9 aromatic carbocycles. The summed E-state index contributed by atoms with van der Waals surface area (Å²) in [6.45, 7) is 8.06. The van der Waals surface area contributed by atoms with E-state index in [4.69, 9.17) is 6.57 Å². The summed E-state index contributed by atoms with van der Waals surface area (Å²) in [6, 6.07) is 75.1. The summed E-state index contributed by atoms with van der Waals surface area (Å²) in [7, 11) is 0. The molecule has 0 amide bonds. The Morgan fingerprint density at radius 3 is 1.21 bits per heavy atom. The Hall–Kier alpha value is -8.00. The first-order valence-electron chi connectivity index (χ1n) is 21.0. The Balaban J connectivity index is 1.21. The van der Waals surface area contributed by atoms with Crippen molar-refractivity contribution in [3.05, 3.63) is 218 Å². The van der Waals surface area contributed by atoms with Crippen LogP contribution >= 0.6 is 0 Å². The number of hydrogen-bond donors (Lipinski definition) is 0. The fourth-order valence-corrected chi connectivity index (χ4v) is 10.9. The molecular weight excluding hydrogens is 738 g/mol. The van der Waals surface area contributed by atoms with Gasteiger partial charge >= 0.3 is 0 Å². The highest BCUT2D eigenvalue weighted by Gasteiger charge is 2.51. The van der Waals surface area contributed by atoms with Gasteiger partial charge in [-0.25, -0.2) is 4.85 Å². The van der Waals surface area contributed by atoms with Gasteiger partial charge in [-0.05, 0) is 80.9 Å². The Kier molecular flexibility index (Phi) is 7.23. The molecule has 0 atom stereocenters. The average molecular weight is 773 g/mol. The zero-order chi connectivity index (χ0) is 40.2. The minimum Gasteiger partial charge on any atom is -0.312 e. The van der Waals surface area contributed by atoms with E-state index in [1.807, 2.05) is 6.07 Å². The van der Waals surface area contributed by atoms with E-state index in [1.54, 1.807) is 0 Å². The summed E-state index contributed by atoms with van der Waals surface area (Å²) < 4.78 is 0. The smallest absolute Gasteiger partial charge is 0.252 e. The zero-order valence-electron chi connectivity index (χ0n) is 33.1. The molecular formula is C55H34B2N4. The lowest BCUT2D eigenvalue weighted by Crippen LogP contribution is -2.68. The van der Waals surface area contributed by atoms with E-state index >= 15 is 0 Å². The zero-order valence-corrected chi connectivity index (χ0v) is 33.1. The summed E-state index contributed by atoms with van der Waals surface area (Å²) in [5, 5.41) is 0. The van der Waals surface area contributed by atoms with Gasteiger partial charge < -0.3 is 14.7 Å². The summed E-state index contributed by atoms with van der Waals surface area (Å²) in [6.07, 6.45) is 0. The highest BCUT2D eigenvalue weighted by molar-refractivity contribution is 7.04. The highest BCUT2D eigenvalue weighted by atomic mass is 15.2. The van der Waals surface area contributed by atoms with Crippen molar-refractivity contribution in [3.8, 4) is 22.3 Å². The van der Waals surface area contributed by atoms with E-state index in [0.717, 1.165) is 39.5 Å². The van der Waals surface area contributed by atoms with E-state index in [0.29, 0.717) is 5.69 Å². The number of benzene rings is 9. The second-order valence-electron chi connectivity index (χ2n) is 16.3. The average Bonchev–Trinajstić information content (AvgIpc) is 3.34. The van der Waals surface area contributed by atoms with Gasteiger partial charge in [-0.2, -0.15) is 0 Å². The monoisotopic (exact) mass is 772 g/mol. The second-order valence-corrected chi connectivity index (χ2v) is 16.3. The molecule has 0 radical (unpaired) electrons. The van der Waals surface area contributed by atoms with Gasteiger partial charge in [0, 0.05) is 50.9 Å². The molecule has 0 fully saturated rings. The Labute approximate surface area is 356 Å². The van der Waals surface area contributed by atoms with E-state index in [9.17, 15) is 0 Å². The molecule has 0 saturated heterocycles. The van der Waals surface area contributed by atoms with Crippen molar-refractivity contribution in [1.82, 2.24) is 0 Å². The van der Waals surface area contributed by atoms with Gasteiger partial charge in [-0.1, -0.05) is 169 Å². The highest BCUT2D eigenvalue weighted by Crippen LogP contribution is 2.52. The molecule has 280 valence electrons. The van der Waals surface area contributed by atoms with Crippen molar-refractivity contribution < 1.29 is 0 Å². The molecule has 4 aliphatic heterocycles. The molecule has 0 aliphatic carbocycles. The van der Waals surface area contributed by atoms with Crippen molar-refractivity contribution in [3.63, 3.8) is 0 Å². The molecule has 0 spiro atoms. The molecule has 13 rings (SSSR count). The third kappa shape index (κ3) is 4.72. The lowest BCUT2D eigenvalue weighted by atomic mass is 9.28. The fourth-order valence-electron chi connectivity index (χ4n) is 10.9. The molecule has 0 saturated carbocycles. The number of anilines is 9. The summed E-state index contributed by atoms with van der Waals surface area (Å²) >= 11 is 0. The van der Waals surface area contributed by atoms with Crippen LogP contribution in [0.25, 0.3) is 27.1 Å². The van der Waals surface area contributed by atoms with Gasteiger partial charge in [0.15, 0.2) is 5.69 Å². The molecule has 4 nitrogen and oxygen atoms in total. The van der Waals surface area contributed by atoms with Gasteiger partial charge in [0.05, 0.1) is 17.9 Å². The van der Waals surface area contributed by atoms with Crippen LogP contribution in [-0.4, -0.2) is 13.4 Å². The Morgan fingerprint density at radius 1 is 0.328 bits per heavy atom. The normalized spacial score (nSPS) is 13.4. The van der Waals surface area contributed by atoms with Crippen LogP contribution in [0.3, 0.4) is 0 Å². The van der Waals surface area contributed by atoms with E-state index in [1.165, 1.54) is 66.8 Å². The lowest BCUT2D eigenvalue weighted by molar-refractivity contribution is 1.23. The van der Waals surface area contributed by atoms with Crippen LogP contribution in [0.4, 0.5) is 56.9 Å². The van der Waals surface area contributed by atoms with Crippen molar-refractivity contribution in [2.45, 2.75) is 0 Å². The van der Waals surface area contributed by atoms with Crippen molar-refractivity contribution >= 4 is 103 Å². The molecule has 0 unspecified atom stereocenters. The molecule has 9 aromatic rings. The summed E-state index contributed by atoms with van der Waals surface area (Å²) in [5.74, 6) is 0. The third-order valence-electron chi connectivity index (χ3n) is 13.2. The maximum atomic E-state index is 8.17. The maximum Gasteiger partial charge on any atom is 0.252 e. The van der Waals surface area contributed by atoms with E-state index in [-0.39, 0.29) is 13.4 Å². The molecule has 61 heavy (non-hydrogen) atoms. The molecule has 0 bridgehead atoms. The summed E-state index contributed by atoms with van der Waals surface area (Å²) in [5.41, 5.74) is 23.3. The van der Waals surface area contributed by atoms with Crippen LogP contribution in [0.15, 0.2) is 206 Å². The first-order chi connectivity index (χ1) is 30.3. The van der Waals surface area contributed by atoms with Crippen LogP contribution in [0.1, 0.15) is 0 Å². The lowest BCUT2D eigenvalue weighted by Gasteiger charge is -2.51. The van der Waals surface area contributed by atoms with Gasteiger partial charge in [0.25, 0.3) is 6.71 Å². The van der Waals surface area contributed by atoms with Crippen LogP contribution in [0.2, 0.25) is 0 Å². The first-order valence-corrected chi connectivity index (χ1v) is 21.0. The molecule has 4 aliphatic rings. The van der Waals surface area contributed by atoms with Crippen molar-refractivity contribution in [2.75, 3.05) is 14.7 Å². The van der Waals surface area contributed by atoms with Crippen molar-refractivity contribution in [2.24, 2.45) is 0 Å². The third-order valence-corrected chi connectivity index (χ3v) is 13.2. The van der Waals surface area contributed by atoms with Gasteiger partial charge in [-0.3, -0.25) is 0 Å². The number of rotatable bonds is 4. The largest absolute Gasteiger partial charge is 0.312 e. The van der Waals surface area contributed by atoms with Gasteiger partial charge in [-0.15, -0.1) is 0 Å². The Morgan fingerprint density at radius 2 is 0.721 bits per heavy atom. The van der Waals surface area contributed by atoms with Crippen LogP contribution in [0, 0.1) is 6.57 Å². The van der Waals surface area contributed by atoms with Crippen LogP contribution < -0.4 is 47.5 Å². The second kappa shape index (κ2) is 13.0. The number of hydrogen-bond acceptors (Lipinski definition) is 3. The quantitative estimate of drug-likeness (QED) is 0.131. The predicted molar refractivity (Wildman–Crippen MR) is 257 cm³/mol. The molecule has 6 heteroatoms. The predicted octanol–water partition coefficient (Wildman–Crippen LogP) is 10.3.